The van der Waals surface area contributed by atoms with Crippen molar-refractivity contribution in [1.82, 2.24) is 15.2 Å². The van der Waals surface area contributed by atoms with Crippen molar-refractivity contribution in [3.05, 3.63) is 52.0 Å². The lowest BCUT2D eigenvalue weighted by molar-refractivity contribution is -0.130. The molecule has 4 atom stereocenters. The molecule has 1 aromatic heterocycles. The molecule has 6 nitrogen and oxygen atoms in total. The Morgan fingerprint density at radius 1 is 1.33 bits per heavy atom. The van der Waals surface area contributed by atoms with Gasteiger partial charge in [0.25, 0.3) is 0 Å². The molecule has 3 heterocycles. The van der Waals surface area contributed by atoms with Gasteiger partial charge in [0.2, 0.25) is 11.8 Å². The number of hydrogen-bond donors (Lipinski definition) is 3. The van der Waals surface area contributed by atoms with Gasteiger partial charge >= 0.3 is 0 Å². The van der Waals surface area contributed by atoms with Gasteiger partial charge in [-0.15, -0.1) is 12.6 Å². The monoisotopic (exact) mass is 468 g/mol. The molecule has 10 heteroatoms. The van der Waals surface area contributed by atoms with Crippen molar-refractivity contribution in [2.24, 2.45) is 0 Å². The number of amides is 2. The van der Waals surface area contributed by atoms with Gasteiger partial charge in [0, 0.05) is 41.5 Å². The van der Waals surface area contributed by atoms with Gasteiger partial charge in [0.1, 0.15) is 0 Å². The number of likely N-dealkylation sites (tertiary alicyclic amines) is 1. The first-order valence-electron chi connectivity index (χ1n) is 9.40. The van der Waals surface area contributed by atoms with Gasteiger partial charge in [0.15, 0.2) is 11.0 Å². The highest BCUT2D eigenvalue weighted by molar-refractivity contribution is 7.80. The van der Waals surface area contributed by atoms with Gasteiger partial charge in [-0.3, -0.25) is 9.59 Å². The minimum Gasteiger partial charge on any atom is -0.338 e. The molecule has 2 amide bonds. The summed E-state index contributed by atoms with van der Waals surface area (Å²) < 4.78 is 14.9. The number of anilines is 1. The van der Waals surface area contributed by atoms with E-state index in [0.29, 0.717) is 28.6 Å². The normalized spacial score (nSPS) is 25.3. The molecule has 30 heavy (non-hydrogen) atoms. The van der Waals surface area contributed by atoms with E-state index in [9.17, 15) is 14.0 Å². The van der Waals surface area contributed by atoms with Crippen molar-refractivity contribution in [3.8, 4) is 0 Å². The fourth-order valence-electron chi connectivity index (χ4n) is 4.45. The van der Waals surface area contributed by atoms with Crippen molar-refractivity contribution < 1.29 is 14.0 Å². The van der Waals surface area contributed by atoms with Gasteiger partial charge in [-0.05, 0) is 36.2 Å². The topological polar surface area (TPSA) is 74.3 Å². The highest BCUT2D eigenvalue weighted by Crippen LogP contribution is 2.41. The lowest BCUT2D eigenvalue weighted by Crippen LogP contribution is -2.44. The lowest BCUT2D eigenvalue weighted by Gasteiger charge is -2.30. The molecule has 2 aromatic rings. The van der Waals surface area contributed by atoms with E-state index in [2.05, 4.69) is 28.2 Å². The molecule has 4 unspecified atom stereocenters. The third kappa shape index (κ3) is 3.77. The Morgan fingerprint density at radius 2 is 2.10 bits per heavy atom. The zero-order valence-electron chi connectivity index (χ0n) is 15.9. The summed E-state index contributed by atoms with van der Waals surface area (Å²) in [5.74, 6) is -1.81. The summed E-state index contributed by atoms with van der Waals surface area (Å²) >= 11 is 16.3. The second-order valence-corrected chi connectivity index (χ2v) is 8.70. The van der Waals surface area contributed by atoms with Gasteiger partial charge in [-0.1, -0.05) is 23.2 Å². The Kier molecular flexibility index (Phi) is 5.94. The predicted molar refractivity (Wildman–Crippen MR) is 116 cm³/mol. The summed E-state index contributed by atoms with van der Waals surface area (Å²) in [5.41, 5.74) is 0.700. The first kappa shape index (κ1) is 21.4. The molecular formula is C20H19Cl2FN4O2S. The van der Waals surface area contributed by atoms with Crippen LogP contribution in [0.25, 0.3) is 0 Å². The van der Waals surface area contributed by atoms with Crippen LogP contribution < -0.4 is 10.6 Å². The summed E-state index contributed by atoms with van der Waals surface area (Å²) in [5, 5.41) is 6.30. The first-order chi connectivity index (χ1) is 14.3. The molecular weight excluding hydrogens is 450 g/mol. The van der Waals surface area contributed by atoms with Crippen LogP contribution >= 0.6 is 35.8 Å². The average molecular weight is 469 g/mol. The molecule has 2 fully saturated rings. The smallest absolute Gasteiger partial charge is 0.242 e. The number of carbonyl (C=O) groups is 2. The molecule has 2 N–H and O–H groups in total. The van der Waals surface area contributed by atoms with E-state index in [1.54, 1.807) is 23.1 Å². The zero-order chi connectivity index (χ0) is 21.6. The molecule has 0 radical (unpaired) electrons. The highest BCUT2D eigenvalue weighted by atomic mass is 35.5. The number of benzene rings is 1. The van der Waals surface area contributed by atoms with Gasteiger partial charge in [-0.25, -0.2) is 9.37 Å². The molecule has 0 spiro atoms. The number of nitrogens with zero attached hydrogens (tertiary/aromatic N) is 2. The van der Waals surface area contributed by atoms with Gasteiger partial charge in [0.05, 0.1) is 17.8 Å². The van der Waals surface area contributed by atoms with Crippen LogP contribution in [0.1, 0.15) is 24.8 Å². The quantitative estimate of drug-likeness (QED) is 0.475. The average Bonchev–Trinajstić information content (AvgIpc) is 3.26. The second kappa shape index (κ2) is 8.34. The minimum atomic E-state index is -0.790. The third-order valence-electron chi connectivity index (χ3n) is 5.71. The van der Waals surface area contributed by atoms with Crippen LogP contribution in [0.5, 0.6) is 0 Å². The van der Waals surface area contributed by atoms with Crippen molar-refractivity contribution in [2.75, 3.05) is 11.9 Å². The molecule has 2 saturated heterocycles. The summed E-state index contributed by atoms with van der Waals surface area (Å²) in [7, 11) is 0. The largest absolute Gasteiger partial charge is 0.338 e. The van der Waals surface area contributed by atoms with E-state index < -0.39 is 17.8 Å². The van der Waals surface area contributed by atoms with E-state index in [1.807, 2.05) is 0 Å². The molecule has 2 aliphatic heterocycles. The van der Waals surface area contributed by atoms with Crippen LogP contribution in [0, 0.1) is 5.82 Å². The molecule has 0 aliphatic carbocycles. The first-order valence-corrected chi connectivity index (χ1v) is 10.6. The molecule has 4 rings (SSSR count). The number of carbonyl (C=O) groups excluding carboxylic acids is 2. The van der Waals surface area contributed by atoms with Crippen LogP contribution in [0.3, 0.4) is 0 Å². The maximum Gasteiger partial charge on any atom is 0.242 e. The van der Waals surface area contributed by atoms with Crippen LogP contribution in [0.2, 0.25) is 10.2 Å². The van der Waals surface area contributed by atoms with Crippen molar-refractivity contribution in [2.45, 2.75) is 42.3 Å². The number of thiol groups is 1. The van der Waals surface area contributed by atoms with E-state index >= 15 is 0 Å². The maximum atomic E-state index is 14.9. The lowest BCUT2D eigenvalue weighted by atomic mass is 9.86. The molecule has 0 bridgehead atoms. The summed E-state index contributed by atoms with van der Waals surface area (Å²) in [6.07, 6.45) is 2.07. The van der Waals surface area contributed by atoms with Crippen molar-refractivity contribution >= 4 is 53.3 Å². The van der Waals surface area contributed by atoms with Crippen molar-refractivity contribution in [3.63, 3.8) is 0 Å². The standard InChI is InChI=1S/C20H19Cl2FN4O2S/c1-9(28)27-7-5-12-18(27)15(11-4-6-24-19(22)16(11)23)17(25-12)20(29)26-13-8-10(21)2-3-14(13)30/h2-4,6,8,12,15,17-18,25,30H,5,7H2,1H3,(H,26,29). The van der Waals surface area contributed by atoms with Crippen LogP contribution in [-0.2, 0) is 9.59 Å². The Bertz CT molecular complexity index is 1020. The van der Waals surface area contributed by atoms with E-state index in [0.717, 1.165) is 0 Å². The summed E-state index contributed by atoms with van der Waals surface area (Å²) in [6, 6.07) is 5.14. The Labute approximate surface area is 188 Å². The predicted octanol–water partition coefficient (Wildman–Crippen LogP) is 3.50. The second-order valence-electron chi connectivity index (χ2n) is 7.42. The van der Waals surface area contributed by atoms with Gasteiger partial charge < -0.3 is 15.5 Å². The van der Waals surface area contributed by atoms with Crippen LogP contribution in [0.15, 0.2) is 35.4 Å². The minimum absolute atomic E-state index is 0.122. The number of rotatable bonds is 3. The number of hydrogen-bond acceptors (Lipinski definition) is 5. The number of aromatic nitrogens is 1. The Morgan fingerprint density at radius 3 is 2.83 bits per heavy atom. The Balaban J connectivity index is 1.72. The van der Waals surface area contributed by atoms with Gasteiger partial charge in [-0.2, -0.15) is 0 Å². The molecule has 2 aliphatic rings. The van der Waals surface area contributed by atoms with Crippen LogP contribution in [-0.4, -0.2) is 46.4 Å². The number of nitrogens with one attached hydrogen (secondary N) is 2. The maximum absolute atomic E-state index is 14.9. The molecule has 0 saturated carbocycles. The Hall–Kier alpha value is -1.87. The van der Waals surface area contributed by atoms with Crippen LogP contribution in [0.4, 0.5) is 10.1 Å². The molecule has 158 valence electrons. The SMILES string of the molecule is CC(=O)N1CCC2NC(C(=O)Nc3cc(Cl)ccc3S)C(c3ccnc(Cl)c3F)C21. The number of pyridine rings is 1. The summed E-state index contributed by atoms with van der Waals surface area (Å²) in [6.45, 7) is 2.01. The third-order valence-corrected chi connectivity index (χ3v) is 6.60. The number of halogens is 3. The zero-order valence-corrected chi connectivity index (χ0v) is 18.3. The fourth-order valence-corrected chi connectivity index (χ4v) is 4.98. The van der Waals surface area contributed by atoms with E-state index in [4.69, 9.17) is 23.2 Å². The van der Waals surface area contributed by atoms with Crippen molar-refractivity contribution in [1.29, 1.82) is 0 Å². The molecule has 1 aromatic carbocycles. The van der Waals surface area contributed by atoms with E-state index in [-0.39, 0.29) is 34.6 Å². The highest BCUT2D eigenvalue weighted by Gasteiger charge is 2.53. The van der Waals surface area contributed by atoms with E-state index in [1.165, 1.54) is 19.2 Å². The number of fused-ring (bicyclic) bond motifs is 1. The fraction of sp³-hybridized carbons (Fsp3) is 0.350. The summed E-state index contributed by atoms with van der Waals surface area (Å²) in [4.78, 5) is 31.5.